The zero-order chi connectivity index (χ0) is 22.8. The van der Waals surface area contributed by atoms with Crippen molar-refractivity contribution in [1.29, 1.82) is 0 Å². The van der Waals surface area contributed by atoms with Gasteiger partial charge in [-0.2, -0.15) is 0 Å². The van der Waals surface area contributed by atoms with Crippen LogP contribution in [-0.4, -0.2) is 41.3 Å². The van der Waals surface area contributed by atoms with Crippen LogP contribution in [-0.2, 0) is 17.8 Å². The Labute approximate surface area is 190 Å². The second-order valence-electron chi connectivity index (χ2n) is 8.30. The SMILES string of the molecule is O=C1O[C@@H](Cn2ccoc2=O)CN1c1ccc(C2=CCN(Cc3ccccc3)CC2)c(F)c1. The van der Waals surface area contributed by atoms with Crippen LogP contribution in [0.3, 0.4) is 0 Å². The molecule has 0 bridgehead atoms. The Kier molecular flexibility index (Phi) is 5.83. The Morgan fingerprint density at radius 1 is 1.09 bits per heavy atom. The number of rotatable bonds is 6. The molecule has 2 aromatic carbocycles. The van der Waals surface area contributed by atoms with E-state index in [1.165, 1.54) is 33.6 Å². The molecule has 0 unspecified atom stereocenters. The molecule has 0 N–H and O–H groups in total. The van der Waals surface area contributed by atoms with E-state index in [1.807, 2.05) is 18.2 Å². The predicted octanol–water partition coefficient (Wildman–Crippen LogP) is 3.90. The average molecular weight is 449 g/mol. The van der Waals surface area contributed by atoms with Crippen LogP contribution in [0.5, 0.6) is 0 Å². The summed E-state index contributed by atoms with van der Waals surface area (Å²) in [6, 6.07) is 15.1. The van der Waals surface area contributed by atoms with E-state index in [0.717, 1.165) is 31.6 Å². The fraction of sp³-hybridized carbons (Fsp3) is 0.280. The number of ether oxygens (including phenoxy) is 1. The van der Waals surface area contributed by atoms with Crippen molar-refractivity contribution in [3.05, 3.63) is 94.6 Å². The van der Waals surface area contributed by atoms with Gasteiger partial charge in [0.25, 0.3) is 0 Å². The molecule has 0 spiro atoms. The standard InChI is InChI=1S/C25H24FN3O4/c26-23-14-20(29-17-21(33-25(29)31)16-28-12-13-32-24(28)30)6-7-22(23)19-8-10-27(11-9-19)15-18-4-2-1-3-5-18/h1-8,12-14,21H,9-11,15-17H2/t21-/m0/s1. The van der Waals surface area contributed by atoms with Gasteiger partial charge in [0.1, 0.15) is 18.2 Å². The Bertz CT molecular complexity index is 1230. The Hall–Kier alpha value is -3.65. The van der Waals surface area contributed by atoms with Crippen LogP contribution in [0, 0.1) is 5.82 Å². The van der Waals surface area contributed by atoms with Gasteiger partial charge < -0.3 is 9.15 Å². The fourth-order valence-corrected chi connectivity index (χ4v) is 4.35. The molecular weight excluding hydrogens is 425 g/mol. The summed E-state index contributed by atoms with van der Waals surface area (Å²) in [5.41, 5.74) is 3.24. The lowest BCUT2D eigenvalue weighted by Crippen LogP contribution is -2.28. The maximum Gasteiger partial charge on any atom is 0.418 e. The zero-order valence-electron chi connectivity index (χ0n) is 18.0. The van der Waals surface area contributed by atoms with Crippen molar-refractivity contribution in [2.24, 2.45) is 0 Å². The normalized spacial score (nSPS) is 18.9. The molecule has 1 atom stereocenters. The maximum absolute atomic E-state index is 15.0. The second-order valence-corrected chi connectivity index (χ2v) is 8.30. The summed E-state index contributed by atoms with van der Waals surface area (Å²) in [6.45, 7) is 2.90. The number of halogens is 1. The van der Waals surface area contributed by atoms with Gasteiger partial charge in [0, 0.05) is 31.4 Å². The van der Waals surface area contributed by atoms with Crippen molar-refractivity contribution in [2.45, 2.75) is 25.6 Å². The molecule has 1 fully saturated rings. The molecule has 0 aliphatic carbocycles. The summed E-state index contributed by atoms with van der Waals surface area (Å²) in [5, 5.41) is 0. The van der Waals surface area contributed by atoms with E-state index in [0.29, 0.717) is 11.3 Å². The van der Waals surface area contributed by atoms with Gasteiger partial charge >= 0.3 is 11.8 Å². The lowest BCUT2D eigenvalue weighted by atomic mass is 9.98. The minimum atomic E-state index is -0.558. The summed E-state index contributed by atoms with van der Waals surface area (Å²) >= 11 is 0. The fourth-order valence-electron chi connectivity index (χ4n) is 4.35. The minimum Gasteiger partial charge on any atom is -0.442 e. The molecule has 7 nitrogen and oxygen atoms in total. The predicted molar refractivity (Wildman–Crippen MR) is 121 cm³/mol. The smallest absolute Gasteiger partial charge is 0.418 e. The lowest BCUT2D eigenvalue weighted by molar-refractivity contribution is 0.130. The first kappa shape index (κ1) is 21.2. The van der Waals surface area contributed by atoms with Gasteiger partial charge in [-0.1, -0.05) is 36.4 Å². The number of hydrogen-bond donors (Lipinski definition) is 0. The third-order valence-electron chi connectivity index (χ3n) is 6.07. The zero-order valence-corrected chi connectivity index (χ0v) is 18.0. The minimum absolute atomic E-state index is 0.185. The van der Waals surface area contributed by atoms with Crippen LogP contribution >= 0.6 is 0 Å². The van der Waals surface area contributed by atoms with E-state index in [2.05, 4.69) is 23.1 Å². The molecule has 3 aromatic rings. The molecule has 1 saturated heterocycles. The average Bonchev–Trinajstić information content (AvgIpc) is 3.40. The van der Waals surface area contributed by atoms with Crippen LogP contribution in [0.25, 0.3) is 5.57 Å². The first-order valence-electron chi connectivity index (χ1n) is 10.9. The van der Waals surface area contributed by atoms with Gasteiger partial charge in [-0.3, -0.25) is 14.4 Å². The van der Waals surface area contributed by atoms with Gasteiger partial charge in [0.15, 0.2) is 0 Å². The third kappa shape index (κ3) is 4.61. The van der Waals surface area contributed by atoms with Crippen LogP contribution in [0.2, 0.25) is 0 Å². The number of amides is 1. The molecule has 5 rings (SSSR count). The monoisotopic (exact) mass is 449 g/mol. The molecule has 1 aromatic heterocycles. The quantitative estimate of drug-likeness (QED) is 0.571. The molecular formula is C25H24FN3O4. The van der Waals surface area contributed by atoms with E-state index in [4.69, 9.17) is 9.15 Å². The molecule has 3 heterocycles. The first-order valence-corrected chi connectivity index (χ1v) is 10.9. The first-order chi connectivity index (χ1) is 16.1. The third-order valence-corrected chi connectivity index (χ3v) is 6.07. The maximum atomic E-state index is 15.0. The number of aromatic nitrogens is 1. The molecule has 1 amide bonds. The summed E-state index contributed by atoms with van der Waals surface area (Å²) < 4.78 is 26.4. The highest BCUT2D eigenvalue weighted by atomic mass is 19.1. The van der Waals surface area contributed by atoms with Crippen molar-refractivity contribution in [2.75, 3.05) is 24.5 Å². The topological polar surface area (TPSA) is 67.9 Å². The Morgan fingerprint density at radius 3 is 2.64 bits per heavy atom. The van der Waals surface area contributed by atoms with E-state index in [9.17, 15) is 9.59 Å². The number of oxazole rings is 1. The number of carbonyl (C=O) groups excluding carboxylic acids is 1. The molecule has 2 aliphatic heterocycles. The number of cyclic esters (lactones) is 1. The van der Waals surface area contributed by atoms with Crippen LogP contribution < -0.4 is 10.7 Å². The highest BCUT2D eigenvalue weighted by Gasteiger charge is 2.33. The van der Waals surface area contributed by atoms with Crippen molar-refractivity contribution in [3.63, 3.8) is 0 Å². The van der Waals surface area contributed by atoms with E-state index in [1.54, 1.807) is 12.1 Å². The van der Waals surface area contributed by atoms with Gasteiger partial charge in [-0.25, -0.2) is 14.0 Å². The number of anilines is 1. The van der Waals surface area contributed by atoms with Gasteiger partial charge in [-0.05, 0) is 35.8 Å². The molecule has 0 radical (unpaired) electrons. The van der Waals surface area contributed by atoms with E-state index in [-0.39, 0.29) is 18.9 Å². The summed E-state index contributed by atoms with van der Waals surface area (Å²) in [7, 11) is 0. The van der Waals surface area contributed by atoms with Crippen LogP contribution in [0.4, 0.5) is 14.9 Å². The van der Waals surface area contributed by atoms with Crippen molar-refractivity contribution >= 4 is 17.4 Å². The van der Waals surface area contributed by atoms with E-state index >= 15 is 4.39 Å². The second kappa shape index (κ2) is 9.07. The highest BCUT2D eigenvalue weighted by molar-refractivity contribution is 5.90. The number of benzene rings is 2. The molecule has 2 aliphatic rings. The molecule has 170 valence electrons. The van der Waals surface area contributed by atoms with Crippen molar-refractivity contribution in [3.8, 4) is 0 Å². The van der Waals surface area contributed by atoms with Crippen LogP contribution in [0.1, 0.15) is 17.5 Å². The summed E-state index contributed by atoms with van der Waals surface area (Å²) in [6.07, 6.45) is 4.53. The number of carbonyl (C=O) groups is 1. The molecule has 0 saturated carbocycles. The highest BCUT2D eigenvalue weighted by Crippen LogP contribution is 2.30. The lowest BCUT2D eigenvalue weighted by Gasteiger charge is -2.27. The Morgan fingerprint density at radius 2 is 1.94 bits per heavy atom. The van der Waals surface area contributed by atoms with Crippen molar-refractivity contribution < 1.29 is 18.3 Å². The Balaban J connectivity index is 1.24. The molecule has 33 heavy (non-hydrogen) atoms. The van der Waals surface area contributed by atoms with Gasteiger partial charge in [-0.15, -0.1) is 0 Å². The summed E-state index contributed by atoms with van der Waals surface area (Å²) in [4.78, 5) is 27.6. The number of hydrogen-bond acceptors (Lipinski definition) is 5. The number of nitrogens with zero attached hydrogens (tertiary/aromatic N) is 3. The van der Waals surface area contributed by atoms with Crippen LogP contribution in [0.15, 0.2) is 76.3 Å². The van der Waals surface area contributed by atoms with Gasteiger partial charge in [0.2, 0.25) is 0 Å². The van der Waals surface area contributed by atoms with Crippen molar-refractivity contribution in [1.82, 2.24) is 9.47 Å². The van der Waals surface area contributed by atoms with Gasteiger partial charge in [0.05, 0.1) is 18.8 Å². The summed E-state index contributed by atoms with van der Waals surface area (Å²) in [5.74, 6) is -0.874. The molecule has 8 heteroatoms. The van der Waals surface area contributed by atoms with E-state index < -0.39 is 18.0 Å². The largest absolute Gasteiger partial charge is 0.442 e.